The highest BCUT2D eigenvalue weighted by Gasteiger charge is 2.10. The number of hydrogen-bond donors (Lipinski definition) is 2. The largest absolute Gasteiger partial charge is 0.465 e. The molecule has 26 heavy (non-hydrogen) atoms. The number of carbonyl (C=O) groups is 1. The lowest BCUT2D eigenvalue weighted by atomic mass is 10.2. The molecule has 0 atom stereocenters. The van der Waals surface area contributed by atoms with E-state index >= 15 is 0 Å². The minimum Gasteiger partial charge on any atom is -0.465 e. The molecule has 8 nitrogen and oxygen atoms in total. The average Bonchev–Trinajstić information content (AvgIpc) is 2.69. The number of anilines is 3. The number of carbonyl (C=O) groups excluding carboxylic acids is 1. The van der Waals surface area contributed by atoms with Crippen LogP contribution in [0.25, 0.3) is 0 Å². The van der Waals surface area contributed by atoms with Gasteiger partial charge in [-0.1, -0.05) is 6.07 Å². The van der Waals surface area contributed by atoms with Gasteiger partial charge in [-0.3, -0.25) is 4.90 Å². The lowest BCUT2D eigenvalue weighted by Crippen LogP contribution is -2.39. The number of esters is 1. The fraction of sp³-hybridized carbons (Fsp3) is 0.389. The van der Waals surface area contributed by atoms with Crippen molar-refractivity contribution in [3.8, 4) is 0 Å². The lowest BCUT2D eigenvalue weighted by Gasteiger charge is -2.26. The van der Waals surface area contributed by atoms with Gasteiger partial charge in [-0.25, -0.2) is 14.8 Å². The fourth-order valence-corrected chi connectivity index (χ4v) is 2.68. The fourth-order valence-electron chi connectivity index (χ4n) is 2.68. The zero-order valence-corrected chi connectivity index (χ0v) is 14.8. The Morgan fingerprint density at radius 1 is 1.23 bits per heavy atom. The third-order valence-corrected chi connectivity index (χ3v) is 4.06. The maximum atomic E-state index is 11.6. The Kier molecular flexibility index (Phi) is 6.34. The first-order chi connectivity index (χ1) is 12.7. The highest BCUT2D eigenvalue weighted by atomic mass is 16.5. The summed E-state index contributed by atoms with van der Waals surface area (Å²) in [5, 5.41) is 6.49. The molecule has 0 aliphatic carbocycles. The maximum absolute atomic E-state index is 11.6. The monoisotopic (exact) mass is 357 g/mol. The molecule has 2 aromatic rings. The van der Waals surface area contributed by atoms with Gasteiger partial charge in [-0.15, -0.1) is 0 Å². The minimum absolute atomic E-state index is 0.373. The van der Waals surface area contributed by atoms with Gasteiger partial charge in [0.1, 0.15) is 18.0 Å². The second kappa shape index (κ2) is 9.12. The molecule has 1 aliphatic rings. The molecule has 2 heterocycles. The Bertz CT molecular complexity index is 734. The van der Waals surface area contributed by atoms with E-state index in [0.29, 0.717) is 11.4 Å². The topological polar surface area (TPSA) is 88.6 Å². The van der Waals surface area contributed by atoms with E-state index in [0.717, 1.165) is 50.9 Å². The number of ether oxygens (including phenoxy) is 2. The van der Waals surface area contributed by atoms with Gasteiger partial charge in [-0.2, -0.15) is 0 Å². The summed E-state index contributed by atoms with van der Waals surface area (Å²) in [5.41, 5.74) is 1.24. The summed E-state index contributed by atoms with van der Waals surface area (Å²) in [4.78, 5) is 22.4. The van der Waals surface area contributed by atoms with Gasteiger partial charge in [0.25, 0.3) is 0 Å². The quantitative estimate of drug-likeness (QED) is 0.725. The van der Waals surface area contributed by atoms with Crippen LogP contribution in [0.1, 0.15) is 10.4 Å². The molecule has 3 rings (SSSR count). The van der Waals surface area contributed by atoms with Gasteiger partial charge in [0, 0.05) is 37.9 Å². The van der Waals surface area contributed by atoms with Crippen molar-refractivity contribution in [1.82, 2.24) is 14.9 Å². The van der Waals surface area contributed by atoms with Crippen LogP contribution in [0, 0.1) is 0 Å². The molecule has 1 aromatic carbocycles. The molecule has 1 fully saturated rings. The number of hydrogen-bond acceptors (Lipinski definition) is 8. The van der Waals surface area contributed by atoms with E-state index in [1.165, 1.54) is 13.4 Å². The Morgan fingerprint density at radius 2 is 2.04 bits per heavy atom. The molecule has 1 aromatic heterocycles. The summed E-state index contributed by atoms with van der Waals surface area (Å²) in [5.74, 6) is 1.03. The number of nitrogens with one attached hydrogen (secondary N) is 2. The van der Waals surface area contributed by atoms with Crippen molar-refractivity contribution in [2.75, 3.05) is 57.1 Å². The summed E-state index contributed by atoms with van der Waals surface area (Å²) in [6.45, 7) is 5.27. The molecule has 0 radical (unpaired) electrons. The highest BCUT2D eigenvalue weighted by Crippen LogP contribution is 2.18. The Balaban J connectivity index is 1.56. The first-order valence-corrected chi connectivity index (χ1v) is 8.56. The van der Waals surface area contributed by atoms with Crippen molar-refractivity contribution in [2.24, 2.45) is 0 Å². The average molecular weight is 357 g/mol. The second-order valence-corrected chi connectivity index (χ2v) is 5.87. The molecule has 2 N–H and O–H groups in total. The zero-order chi connectivity index (χ0) is 18.2. The predicted octanol–water partition coefficient (Wildman–Crippen LogP) is 1.75. The van der Waals surface area contributed by atoms with E-state index in [1.54, 1.807) is 18.2 Å². The molecule has 1 aliphatic heterocycles. The van der Waals surface area contributed by atoms with E-state index in [4.69, 9.17) is 9.47 Å². The normalized spacial score (nSPS) is 14.7. The molecule has 1 saturated heterocycles. The van der Waals surface area contributed by atoms with Crippen LogP contribution in [0.15, 0.2) is 36.7 Å². The Labute approximate surface area is 152 Å². The van der Waals surface area contributed by atoms with Crippen molar-refractivity contribution in [2.45, 2.75) is 0 Å². The van der Waals surface area contributed by atoms with Crippen molar-refractivity contribution in [3.63, 3.8) is 0 Å². The SMILES string of the molecule is COC(=O)c1cccc(Nc2cc(NCCN3CCOCC3)ncn2)c1. The third-order valence-electron chi connectivity index (χ3n) is 4.06. The molecular formula is C18H23N5O3. The van der Waals surface area contributed by atoms with E-state index in [-0.39, 0.29) is 5.97 Å². The molecule has 0 amide bonds. The number of rotatable bonds is 7. The predicted molar refractivity (Wildman–Crippen MR) is 98.8 cm³/mol. The smallest absolute Gasteiger partial charge is 0.337 e. The number of morpholine rings is 1. The van der Waals surface area contributed by atoms with E-state index in [2.05, 4.69) is 25.5 Å². The van der Waals surface area contributed by atoms with Gasteiger partial charge < -0.3 is 20.1 Å². The standard InChI is InChI=1S/C18H23N5O3/c1-25-18(24)14-3-2-4-15(11-14)22-17-12-16(20-13-21-17)19-5-6-23-7-9-26-10-8-23/h2-4,11-13H,5-10H2,1H3,(H2,19,20,21,22). The molecule has 0 unspecified atom stereocenters. The molecule has 138 valence electrons. The molecule has 8 heteroatoms. The molecule has 0 saturated carbocycles. The first-order valence-electron chi connectivity index (χ1n) is 8.56. The third kappa shape index (κ3) is 5.14. The summed E-state index contributed by atoms with van der Waals surface area (Å²) >= 11 is 0. The summed E-state index contributed by atoms with van der Waals surface area (Å²) in [6, 6.07) is 8.91. The van der Waals surface area contributed by atoms with E-state index < -0.39 is 0 Å². The number of methoxy groups -OCH3 is 1. The van der Waals surface area contributed by atoms with Crippen molar-refractivity contribution in [1.29, 1.82) is 0 Å². The maximum Gasteiger partial charge on any atom is 0.337 e. The van der Waals surface area contributed by atoms with Crippen LogP contribution in [0.3, 0.4) is 0 Å². The van der Waals surface area contributed by atoms with Gasteiger partial charge in [0.2, 0.25) is 0 Å². The van der Waals surface area contributed by atoms with Gasteiger partial charge in [0.15, 0.2) is 0 Å². The minimum atomic E-state index is -0.373. The highest BCUT2D eigenvalue weighted by molar-refractivity contribution is 5.90. The van der Waals surface area contributed by atoms with Crippen molar-refractivity contribution < 1.29 is 14.3 Å². The molecular weight excluding hydrogens is 334 g/mol. The van der Waals surface area contributed by atoms with Crippen LogP contribution in [0.5, 0.6) is 0 Å². The van der Waals surface area contributed by atoms with Crippen LogP contribution in [0.4, 0.5) is 17.3 Å². The van der Waals surface area contributed by atoms with Crippen LogP contribution < -0.4 is 10.6 Å². The van der Waals surface area contributed by atoms with Gasteiger partial charge >= 0.3 is 5.97 Å². The van der Waals surface area contributed by atoms with E-state index in [9.17, 15) is 4.79 Å². The number of aromatic nitrogens is 2. The lowest BCUT2D eigenvalue weighted by molar-refractivity contribution is 0.0398. The Hall–Kier alpha value is -2.71. The summed E-state index contributed by atoms with van der Waals surface area (Å²) < 4.78 is 10.1. The summed E-state index contributed by atoms with van der Waals surface area (Å²) in [7, 11) is 1.36. The second-order valence-electron chi connectivity index (χ2n) is 5.87. The Morgan fingerprint density at radius 3 is 2.85 bits per heavy atom. The van der Waals surface area contributed by atoms with Gasteiger partial charge in [-0.05, 0) is 18.2 Å². The molecule has 0 bridgehead atoms. The van der Waals surface area contributed by atoms with Crippen LogP contribution >= 0.6 is 0 Å². The van der Waals surface area contributed by atoms with Crippen LogP contribution in [0.2, 0.25) is 0 Å². The zero-order valence-electron chi connectivity index (χ0n) is 14.8. The number of nitrogens with zero attached hydrogens (tertiary/aromatic N) is 3. The van der Waals surface area contributed by atoms with Crippen molar-refractivity contribution >= 4 is 23.3 Å². The van der Waals surface area contributed by atoms with Crippen molar-refractivity contribution in [3.05, 3.63) is 42.2 Å². The number of benzene rings is 1. The first kappa shape index (κ1) is 18.1. The van der Waals surface area contributed by atoms with Crippen LogP contribution in [-0.4, -0.2) is 67.3 Å². The summed E-state index contributed by atoms with van der Waals surface area (Å²) in [6.07, 6.45) is 1.50. The van der Waals surface area contributed by atoms with Gasteiger partial charge in [0.05, 0.1) is 25.9 Å². The van der Waals surface area contributed by atoms with E-state index in [1.807, 2.05) is 12.1 Å². The van der Waals surface area contributed by atoms with Crippen LogP contribution in [-0.2, 0) is 9.47 Å². The molecule has 0 spiro atoms.